The van der Waals surface area contributed by atoms with Gasteiger partial charge in [0.1, 0.15) is 17.6 Å². The van der Waals surface area contributed by atoms with Crippen molar-refractivity contribution in [3.8, 4) is 11.5 Å². The lowest BCUT2D eigenvalue weighted by Crippen LogP contribution is -2.40. The zero-order chi connectivity index (χ0) is 13.5. The number of hydrogen-bond donors (Lipinski definition) is 2. The second kappa shape index (κ2) is 4.47. The van der Waals surface area contributed by atoms with Gasteiger partial charge in [-0.05, 0) is 57.2 Å². The fraction of sp³-hybridized carbons (Fsp3) is 0.600. The molecule has 2 rings (SSSR count). The molecule has 18 heavy (non-hydrogen) atoms. The first kappa shape index (κ1) is 13.2. The quantitative estimate of drug-likeness (QED) is 0.805. The summed E-state index contributed by atoms with van der Waals surface area (Å²) in [5.74, 6) is 1.44. The van der Waals surface area contributed by atoms with Crippen molar-refractivity contribution in [2.24, 2.45) is 0 Å². The zero-order valence-corrected chi connectivity index (χ0v) is 11.5. The smallest absolute Gasteiger partial charge is 0.127 e. The molecule has 3 nitrogen and oxygen atoms in total. The summed E-state index contributed by atoms with van der Waals surface area (Å²) < 4.78 is 5.97. The van der Waals surface area contributed by atoms with Crippen LogP contribution in [0.3, 0.4) is 0 Å². The summed E-state index contributed by atoms with van der Waals surface area (Å²) in [6.45, 7) is 7.54. The highest BCUT2D eigenvalue weighted by Gasteiger charge is 2.32. The monoisotopic (exact) mass is 250 g/mol. The van der Waals surface area contributed by atoms with Crippen LogP contribution in [0.5, 0.6) is 11.5 Å². The molecule has 100 valence electrons. The van der Waals surface area contributed by atoms with Crippen molar-refractivity contribution in [1.29, 1.82) is 0 Å². The van der Waals surface area contributed by atoms with Gasteiger partial charge in [-0.15, -0.1) is 0 Å². The van der Waals surface area contributed by atoms with Crippen LogP contribution in [0.15, 0.2) is 12.1 Å². The molecule has 0 unspecified atom stereocenters. The Morgan fingerprint density at radius 1 is 1.28 bits per heavy atom. The van der Waals surface area contributed by atoms with E-state index in [2.05, 4.69) is 6.92 Å². The lowest BCUT2D eigenvalue weighted by molar-refractivity contribution is -0.0361. The number of hydrogen-bond acceptors (Lipinski definition) is 3. The van der Waals surface area contributed by atoms with E-state index in [-0.39, 0.29) is 6.10 Å². The highest BCUT2D eigenvalue weighted by molar-refractivity contribution is 5.47. The largest absolute Gasteiger partial charge is 0.508 e. The van der Waals surface area contributed by atoms with Crippen LogP contribution in [0, 0.1) is 6.92 Å². The van der Waals surface area contributed by atoms with E-state index in [0.29, 0.717) is 11.7 Å². The summed E-state index contributed by atoms with van der Waals surface area (Å²) >= 11 is 0. The lowest BCUT2D eigenvalue weighted by Gasteiger charge is -2.29. The molecule has 0 fully saturated rings. The van der Waals surface area contributed by atoms with Gasteiger partial charge >= 0.3 is 0 Å². The number of rotatable bonds is 1. The first-order valence-corrected chi connectivity index (χ1v) is 6.51. The van der Waals surface area contributed by atoms with Gasteiger partial charge in [0.05, 0.1) is 5.60 Å². The van der Waals surface area contributed by atoms with Crippen LogP contribution in [0.25, 0.3) is 0 Å². The Hall–Kier alpha value is -1.22. The number of ether oxygens (including phenoxy) is 1. The minimum atomic E-state index is -0.854. The molecule has 1 heterocycles. The van der Waals surface area contributed by atoms with E-state index in [1.807, 2.05) is 13.0 Å². The molecular formula is C15H22O3. The van der Waals surface area contributed by atoms with Crippen molar-refractivity contribution in [2.75, 3.05) is 0 Å². The van der Waals surface area contributed by atoms with Crippen molar-refractivity contribution in [1.82, 2.24) is 0 Å². The van der Waals surface area contributed by atoms with Crippen LogP contribution < -0.4 is 4.74 Å². The highest BCUT2D eigenvalue weighted by Crippen LogP contribution is 2.40. The van der Waals surface area contributed by atoms with E-state index < -0.39 is 5.60 Å². The summed E-state index contributed by atoms with van der Waals surface area (Å²) in [7, 11) is 0. The van der Waals surface area contributed by atoms with Crippen molar-refractivity contribution in [2.45, 2.75) is 58.2 Å². The molecule has 1 aliphatic rings. The number of phenols is 1. The van der Waals surface area contributed by atoms with Crippen LogP contribution in [-0.4, -0.2) is 21.9 Å². The van der Waals surface area contributed by atoms with Gasteiger partial charge in [0.25, 0.3) is 0 Å². The van der Waals surface area contributed by atoms with Gasteiger partial charge in [0.15, 0.2) is 0 Å². The zero-order valence-electron chi connectivity index (χ0n) is 11.5. The van der Waals surface area contributed by atoms with Crippen LogP contribution in [0.4, 0.5) is 0 Å². The lowest BCUT2D eigenvalue weighted by atomic mass is 9.91. The van der Waals surface area contributed by atoms with Gasteiger partial charge < -0.3 is 14.9 Å². The summed E-state index contributed by atoms with van der Waals surface area (Å²) in [6.07, 6.45) is 1.56. The molecule has 0 saturated heterocycles. The minimum absolute atomic E-state index is 0.204. The third-order valence-electron chi connectivity index (χ3n) is 3.78. The number of aliphatic hydroxyl groups is 1. The first-order valence-electron chi connectivity index (χ1n) is 6.51. The predicted octanol–water partition coefficient (Wildman–Crippen LogP) is 3.12. The van der Waals surface area contributed by atoms with Crippen molar-refractivity contribution in [3.63, 3.8) is 0 Å². The molecule has 1 aromatic rings. The number of phenolic OH excluding ortho intramolecular Hbond substituents is 1. The summed E-state index contributed by atoms with van der Waals surface area (Å²) in [5.41, 5.74) is 0.981. The third-order valence-corrected chi connectivity index (χ3v) is 3.78. The Kier molecular flexibility index (Phi) is 3.28. The number of fused-ring (bicyclic) bond motifs is 1. The van der Waals surface area contributed by atoms with Gasteiger partial charge in [0.2, 0.25) is 0 Å². The van der Waals surface area contributed by atoms with E-state index in [1.54, 1.807) is 19.9 Å². The van der Waals surface area contributed by atoms with Crippen LogP contribution in [0.1, 0.15) is 50.7 Å². The molecule has 0 radical (unpaired) electrons. The standard InChI is InChI=1S/C15H22O3/c1-9-5-6-14(15(3,4)17)18-13-7-10(2)12(16)8-11(9)13/h7-9,14,16-17H,5-6H2,1-4H3/t9-,14+/m1/s1. The van der Waals surface area contributed by atoms with E-state index in [4.69, 9.17) is 4.74 Å². The second-order valence-electron chi connectivity index (χ2n) is 5.92. The molecule has 0 aliphatic carbocycles. The van der Waals surface area contributed by atoms with Crippen molar-refractivity contribution >= 4 is 0 Å². The van der Waals surface area contributed by atoms with Crippen LogP contribution >= 0.6 is 0 Å². The van der Waals surface area contributed by atoms with Crippen LogP contribution in [0.2, 0.25) is 0 Å². The fourth-order valence-corrected chi connectivity index (χ4v) is 2.44. The fourth-order valence-electron chi connectivity index (χ4n) is 2.44. The molecule has 3 heteroatoms. The molecule has 1 aromatic carbocycles. The van der Waals surface area contributed by atoms with Gasteiger partial charge in [-0.2, -0.15) is 0 Å². The Morgan fingerprint density at radius 3 is 2.56 bits per heavy atom. The number of benzene rings is 1. The Bertz CT molecular complexity index is 446. The first-order chi connectivity index (χ1) is 8.29. The van der Waals surface area contributed by atoms with E-state index in [0.717, 1.165) is 29.7 Å². The second-order valence-corrected chi connectivity index (χ2v) is 5.92. The molecule has 2 atom stereocenters. The molecule has 2 N–H and O–H groups in total. The highest BCUT2D eigenvalue weighted by atomic mass is 16.5. The topological polar surface area (TPSA) is 49.7 Å². The van der Waals surface area contributed by atoms with Gasteiger partial charge in [-0.1, -0.05) is 6.92 Å². The minimum Gasteiger partial charge on any atom is -0.508 e. The molecule has 0 bridgehead atoms. The number of aromatic hydroxyl groups is 1. The van der Waals surface area contributed by atoms with Crippen molar-refractivity contribution < 1.29 is 14.9 Å². The SMILES string of the molecule is Cc1cc2c(cc1O)[C@H](C)CC[C@@H](C(C)(C)O)O2. The molecule has 0 spiro atoms. The summed E-state index contributed by atoms with van der Waals surface area (Å²) in [4.78, 5) is 0. The van der Waals surface area contributed by atoms with E-state index >= 15 is 0 Å². The molecular weight excluding hydrogens is 228 g/mol. The predicted molar refractivity (Wildman–Crippen MR) is 71.2 cm³/mol. The van der Waals surface area contributed by atoms with Gasteiger partial charge in [-0.3, -0.25) is 0 Å². The maximum Gasteiger partial charge on any atom is 0.127 e. The average Bonchev–Trinajstić information content (AvgIpc) is 2.40. The number of aryl methyl sites for hydroxylation is 1. The summed E-state index contributed by atoms with van der Waals surface area (Å²) in [5, 5.41) is 19.9. The Morgan fingerprint density at radius 2 is 1.94 bits per heavy atom. The molecule has 0 saturated carbocycles. The van der Waals surface area contributed by atoms with Crippen molar-refractivity contribution in [3.05, 3.63) is 23.3 Å². The van der Waals surface area contributed by atoms with E-state index in [9.17, 15) is 10.2 Å². The maximum atomic E-state index is 10.1. The normalized spacial score (nSPS) is 24.1. The average molecular weight is 250 g/mol. The van der Waals surface area contributed by atoms with E-state index in [1.165, 1.54) is 0 Å². The Labute approximate surface area is 108 Å². The Balaban J connectivity index is 2.42. The molecule has 1 aliphatic heterocycles. The maximum absolute atomic E-state index is 10.1. The van der Waals surface area contributed by atoms with Gasteiger partial charge in [0, 0.05) is 5.56 Å². The summed E-state index contributed by atoms with van der Waals surface area (Å²) in [6, 6.07) is 3.66. The molecule has 0 aromatic heterocycles. The third kappa shape index (κ3) is 2.46. The molecule has 0 amide bonds. The van der Waals surface area contributed by atoms with Gasteiger partial charge in [-0.25, -0.2) is 0 Å². The van der Waals surface area contributed by atoms with Crippen LogP contribution in [-0.2, 0) is 0 Å².